The lowest BCUT2D eigenvalue weighted by molar-refractivity contribution is -0.207. The van der Waals surface area contributed by atoms with Crippen LogP contribution in [0.3, 0.4) is 0 Å². The number of aromatic nitrogens is 2. The van der Waals surface area contributed by atoms with Crippen LogP contribution in [0, 0.1) is 27.7 Å². The van der Waals surface area contributed by atoms with Crippen LogP contribution in [0.4, 0.5) is 29.5 Å². The molecule has 1 aromatic carbocycles. The number of nitrogens with one attached hydrogen (secondary N) is 1. The van der Waals surface area contributed by atoms with E-state index in [-0.39, 0.29) is 24.7 Å². The first kappa shape index (κ1) is 21.8. The van der Waals surface area contributed by atoms with E-state index < -0.39 is 24.1 Å². The number of amides is 1. The molecule has 0 fully saturated rings. The second-order valence-corrected chi connectivity index (χ2v) is 7.19. The Hall–Kier alpha value is -2.88. The van der Waals surface area contributed by atoms with Gasteiger partial charge in [-0.15, -0.1) is 0 Å². The number of halogens is 3. The van der Waals surface area contributed by atoms with Crippen molar-refractivity contribution in [2.45, 2.75) is 46.6 Å². The number of carbonyl (C=O) groups is 1. The van der Waals surface area contributed by atoms with Crippen LogP contribution in [0.15, 0.2) is 12.1 Å². The summed E-state index contributed by atoms with van der Waals surface area (Å²) in [6.07, 6.45) is -8.61. The van der Waals surface area contributed by atoms with E-state index in [1.54, 1.807) is 4.90 Å². The molecule has 0 bridgehead atoms. The van der Waals surface area contributed by atoms with Gasteiger partial charge >= 0.3 is 12.3 Å². The zero-order chi connectivity index (χ0) is 22.2. The smallest absolute Gasteiger partial charge is 0.430 e. The molecule has 0 spiro atoms. The largest absolute Gasteiger partial charge is 0.431 e. The van der Waals surface area contributed by atoms with Gasteiger partial charge in [-0.3, -0.25) is 0 Å². The van der Waals surface area contributed by atoms with E-state index in [1.165, 1.54) is 14.0 Å². The van der Waals surface area contributed by atoms with Crippen LogP contribution in [0.1, 0.15) is 39.9 Å². The second-order valence-electron chi connectivity index (χ2n) is 7.19. The minimum atomic E-state index is -4.86. The van der Waals surface area contributed by atoms with E-state index in [2.05, 4.69) is 14.7 Å². The maximum atomic E-state index is 13.8. The van der Waals surface area contributed by atoms with Crippen LogP contribution in [0.2, 0.25) is 0 Å². The Bertz CT molecular complexity index is 955. The molecule has 2 aromatic rings. The van der Waals surface area contributed by atoms with Crippen molar-refractivity contribution in [2.75, 3.05) is 18.7 Å². The Morgan fingerprint density at radius 3 is 2.40 bits per heavy atom. The first-order valence-corrected chi connectivity index (χ1v) is 9.28. The predicted molar refractivity (Wildman–Crippen MR) is 104 cm³/mol. The zero-order valence-corrected chi connectivity index (χ0v) is 17.3. The maximum absolute atomic E-state index is 13.8. The van der Waals surface area contributed by atoms with Crippen LogP contribution in [-0.2, 0) is 16.1 Å². The Balaban J connectivity index is 2.19. The lowest BCUT2D eigenvalue weighted by Gasteiger charge is -2.34. The standard InChI is InChI=1S/C20H23F3N4O3/c1-10-6-11(2)16(12(3)7-10)27-9-29-8-14-15(25-13(4)26-18(14)27)17(20(21,22)23)30-19(28)24-5/h6-7,17H,8-9H2,1-5H3,(H,24,28). The molecule has 162 valence electrons. The molecule has 1 N–H and O–H groups in total. The minimum Gasteiger partial charge on any atom is -0.430 e. The van der Waals surface area contributed by atoms with Gasteiger partial charge < -0.3 is 19.7 Å². The van der Waals surface area contributed by atoms with Gasteiger partial charge in [-0.2, -0.15) is 13.2 Å². The van der Waals surface area contributed by atoms with Gasteiger partial charge in [0.1, 0.15) is 24.1 Å². The van der Waals surface area contributed by atoms with Crippen molar-refractivity contribution in [2.24, 2.45) is 0 Å². The van der Waals surface area contributed by atoms with Crippen LogP contribution in [-0.4, -0.2) is 36.0 Å². The third-order valence-corrected chi connectivity index (χ3v) is 4.73. The van der Waals surface area contributed by atoms with E-state index in [0.29, 0.717) is 5.82 Å². The van der Waals surface area contributed by atoms with Gasteiger partial charge in [0.05, 0.1) is 12.3 Å². The molecule has 1 unspecified atom stereocenters. The second kappa shape index (κ2) is 8.10. The molecule has 0 radical (unpaired) electrons. The molecule has 10 heteroatoms. The Labute approximate surface area is 172 Å². The summed E-state index contributed by atoms with van der Waals surface area (Å²) in [7, 11) is 1.18. The lowest BCUT2D eigenvalue weighted by atomic mass is 10.0. The molecule has 1 aliphatic rings. The highest BCUT2D eigenvalue weighted by Gasteiger charge is 2.47. The number of alkyl carbamates (subject to hydrolysis) is 1. The molecule has 0 saturated carbocycles. The van der Waals surface area contributed by atoms with Gasteiger partial charge in [-0.1, -0.05) is 17.7 Å². The highest BCUT2D eigenvalue weighted by molar-refractivity contribution is 5.71. The molecule has 0 saturated heterocycles. The molecule has 1 amide bonds. The number of carbonyl (C=O) groups excluding carboxylic acids is 1. The molecule has 1 aliphatic heterocycles. The van der Waals surface area contributed by atoms with Crippen molar-refractivity contribution in [1.82, 2.24) is 15.3 Å². The summed E-state index contributed by atoms with van der Waals surface area (Å²) in [4.78, 5) is 21.7. The number of anilines is 2. The van der Waals surface area contributed by atoms with Crippen molar-refractivity contribution < 1.29 is 27.4 Å². The van der Waals surface area contributed by atoms with Gasteiger partial charge in [-0.05, 0) is 38.8 Å². The van der Waals surface area contributed by atoms with Crippen LogP contribution >= 0.6 is 0 Å². The van der Waals surface area contributed by atoms with Crippen molar-refractivity contribution >= 4 is 17.6 Å². The summed E-state index contributed by atoms with van der Waals surface area (Å²) in [5.74, 6) is 0.446. The number of hydrogen-bond acceptors (Lipinski definition) is 6. The van der Waals surface area contributed by atoms with Crippen LogP contribution < -0.4 is 10.2 Å². The molecule has 1 aromatic heterocycles. The maximum Gasteiger partial charge on any atom is 0.431 e. The number of fused-ring (bicyclic) bond motifs is 1. The van der Waals surface area contributed by atoms with Crippen molar-refractivity contribution in [3.63, 3.8) is 0 Å². The quantitative estimate of drug-likeness (QED) is 0.792. The summed E-state index contributed by atoms with van der Waals surface area (Å²) in [6, 6.07) is 3.97. The summed E-state index contributed by atoms with van der Waals surface area (Å²) in [5.41, 5.74) is 3.47. The lowest BCUT2D eigenvalue weighted by Crippen LogP contribution is -2.35. The number of ether oxygens (including phenoxy) is 2. The van der Waals surface area contributed by atoms with E-state index in [9.17, 15) is 18.0 Å². The molecule has 7 nitrogen and oxygen atoms in total. The zero-order valence-electron chi connectivity index (χ0n) is 17.3. The summed E-state index contributed by atoms with van der Waals surface area (Å²) < 4.78 is 51.6. The minimum absolute atomic E-state index is 0.126. The highest BCUT2D eigenvalue weighted by atomic mass is 19.4. The number of benzene rings is 1. The fourth-order valence-electron chi connectivity index (χ4n) is 3.69. The normalized spacial score (nSPS) is 14.9. The van der Waals surface area contributed by atoms with E-state index in [0.717, 1.165) is 22.4 Å². The Kier molecular flexibility index (Phi) is 5.89. The number of alkyl halides is 3. The Morgan fingerprint density at radius 1 is 1.20 bits per heavy atom. The fraction of sp³-hybridized carbons (Fsp3) is 0.450. The van der Waals surface area contributed by atoms with Crippen LogP contribution in [0.25, 0.3) is 0 Å². The molecule has 3 rings (SSSR count). The van der Waals surface area contributed by atoms with E-state index >= 15 is 0 Å². The van der Waals surface area contributed by atoms with Crippen molar-refractivity contribution in [1.29, 1.82) is 0 Å². The van der Waals surface area contributed by atoms with Gasteiger partial charge in [0.25, 0.3) is 0 Å². The average Bonchev–Trinajstić information content (AvgIpc) is 2.64. The Morgan fingerprint density at radius 2 is 1.83 bits per heavy atom. The van der Waals surface area contributed by atoms with Gasteiger partial charge in [-0.25, -0.2) is 14.8 Å². The number of nitrogens with zero attached hydrogens (tertiary/aromatic N) is 3. The number of hydrogen-bond donors (Lipinski definition) is 1. The molecule has 1 atom stereocenters. The summed E-state index contributed by atoms with van der Waals surface area (Å²) >= 11 is 0. The molecule has 2 heterocycles. The van der Waals surface area contributed by atoms with Crippen LogP contribution in [0.5, 0.6) is 0 Å². The van der Waals surface area contributed by atoms with E-state index in [4.69, 9.17) is 4.74 Å². The van der Waals surface area contributed by atoms with E-state index in [1.807, 2.05) is 38.2 Å². The SMILES string of the molecule is CNC(=O)OC(c1nc(C)nc2c1COCN2c1c(C)cc(C)cc1C)C(F)(F)F. The highest BCUT2D eigenvalue weighted by Crippen LogP contribution is 2.42. The molecule has 30 heavy (non-hydrogen) atoms. The topological polar surface area (TPSA) is 76.6 Å². The fourth-order valence-corrected chi connectivity index (χ4v) is 3.69. The summed E-state index contributed by atoms with van der Waals surface area (Å²) in [5, 5.41) is 2.04. The number of aryl methyl sites for hydroxylation is 4. The third kappa shape index (κ3) is 4.18. The van der Waals surface area contributed by atoms with Gasteiger partial charge in [0.15, 0.2) is 0 Å². The first-order chi connectivity index (χ1) is 14.0. The van der Waals surface area contributed by atoms with Gasteiger partial charge in [0, 0.05) is 12.6 Å². The van der Waals surface area contributed by atoms with Gasteiger partial charge in [0.2, 0.25) is 6.10 Å². The molecular weight excluding hydrogens is 401 g/mol. The van der Waals surface area contributed by atoms with Crippen molar-refractivity contribution in [3.05, 3.63) is 45.9 Å². The first-order valence-electron chi connectivity index (χ1n) is 9.28. The summed E-state index contributed by atoms with van der Waals surface area (Å²) in [6.45, 7) is 7.31. The number of rotatable bonds is 3. The molecular formula is C20H23F3N4O3. The third-order valence-electron chi connectivity index (χ3n) is 4.73. The molecule has 0 aliphatic carbocycles. The van der Waals surface area contributed by atoms with Crippen molar-refractivity contribution in [3.8, 4) is 0 Å². The average molecular weight is 424 g/mol. The predicted octanol–water partition coefficient (Wildman–Crippen LogP) is 4.30. The monoisotopic (exact) mass is 424 g/mol.